The molecule has 3 N–H and O–H groups in total. The maximum Gasteiger partial charge on any atom is 0.409 e. The summed E-state index contributed by atoms with van der Waals surface area (Å²) in [6.45, 7) is 7.93. The van der Waals surface area contributed by atoms with Gasteiger partial charge in [-0.3, -0.25) is 24.8 Å². The number of carbonyl (C=O) groups excluding carboxylic acids is 4. The van der Waals surface area contributed by atoms with Crippen molar-refractivity contribution in [3.8, 4) is 0 Å². The third-order valence-electron chi connectivity index (χ3n) is 8.53. The van der Waals surface area contributed by atoms with Crippen LogP contribution in [0.4, 0.5) is 9.59 Å². The van der Waals surface area contributed by atoms with E-state index in [1.54, 1.807) is 5.01 Å². The van der Waals surface area contributed by atoms with Crippen molar-refractivity contribution in [1.29, 1.82) is 0 Å². The highest BCUT2D eigenvalue weighted by Gasteiger charge is 2.36. The quantitative estimate of drug-likeness (QED) is 0.250. The summed E-state index contributed by atoms with van der Waals surface area (Å²) in [7, 11) is 5.57. The van der Waals surface area contributed by atoms with E-state index in [2.05, 4.69) is 10.7 Å². The van der Waals surface area contributed by atoms with E-state index in [0.717, 1.165) is 31.2 Å². The summed E-state index contributed by atoms with van der Waals surface area (Å²) in [5.41, 5.74) is 3.90. The predicted molar refractivity (Wildman–Crippen MR) is 172 cm³/mol. The Morgan fingerprint density at radius 3 is 1.84 bits per heavy atom. The number of carbonyl (C=O) groups is 4. The Morgan fingerprint density at radius 1 is 0.844 bits per heavy atom. The van der Waals surface area contributed by atoms with Gasteiger partial charge in [0.25, 0.3) is 5.91 Å². The molecule has 4 atom stereocenters. The number of amides is 4. The van der Waals surface area contributed by atoms with E-state index in [1.165, 1.54) is 44.5 Å². The summed E-state index contributed by atoms with van der Waals surface area (Å²) in [6, 6.07) is 7.14. The lowest BCUT2D eigenvalue weighted by atomic mass is 9.89. The summed E-state index contributed by atoms with van der Waals surface area (Å²) in [6.07, 6.45) is 3.38. The lowest BCUT2D eigenvalue weighted by Gasteiger charge is -2.37. The van der Waals surface area contributed by atoms with Crippen LogP contribution in [0.15, 0.2) is 30.3 Å². The van der Waals surface area contributed by atoms with Gasteiger partial charge in [-0.2, -0.15) is 0 Å². The van der Waals surface area contributed by atoms with Crippen LogP contribution in [-0.4, -0.2) is 110 Å². The highest BCUT2D eigenvalue weighted by Crippen LogP contribution is 2.24. The van der Waals surface area contributed by atoms with E-state index in [-0.39, 0.29) is 24.3 Å². The largest absolute Gasteiger partial charge is 0.453 e. The molecule has 4 amide bonds. The average molecular weight is 634 g/mol. The predicted octanol–water partition coefficient (Wildman–Crippen LogP) is 3.43. The van der Waals surface area contributed by atoms with Crippen LogP contribution in [0.2, 0.25) is 0 Å². The maximum absolute atomic E-state index is 13.7. The smallest absolute Gasteiger partial charge is 0.409 e. The number of nitrogens with zero attached hydrogens (tertiary/aromatic N) is 3. The number of ether oxygens (including phenoxy) is 2. The first-order valence-electron chi connectivity index (χ1n) is 16.0. The molecule has 1 aliphatic rings. The molecule has 0 radical (unpaired) electrons. The minimum atomic E-state index is -1.09. The first-order valence-corrected chi connectivity index (χ1v) is 16.0. The monoisotopic (exact) mass is 633 g/mol. The minimum absolute atomic E-state index is 0.0337. The standard InChI is InChI=1S/C33H55N5O7/c1-22(2)28(36(5)32(42)44-7)30(40)34-26(19-24-15-11-9-12-16-24)27(39)21-38(20-25-17-13-10-14-18-25)35-31(41)29(23(3)4)37(6)33(43)45-8/h9,11-12,15-16,22-23,25-29,39H,10,13-14,17-21H2,1-8H3,(H,34,40)(H,35,41)/t26-,27+,28?,29?/m0/s1. The second-order valence-corrected chi connectivity index (χ2v) is 12.8. The van der Waals surface area contributed by atoms with E-state index in [9.17, 15) is 24.3 Å². The first kappa shape index (κ1) is 37.8. The zero-order chi connectivity index (χ0) is 33.7. The van der Waals surface area contributed by atoms with Gasteiger partial charge in [0.05, 0.1) is 26.4 Å². The van der Waals surface area contributed by atoms with Crippen LogP contribution in [0, 0.1) is 17.8 Å². The maximum atomic E-state index is 13.7. The lowest BCUT2D eigenvalue weighted by molar-refractivity contribution is -0.134. The molecule has 1 aromatic carbocycles. The second kappa shape index (κ2) is 18.6. The summed E-state index contributed by atoms with van der Waals surface area (Å²) in [5.74, 6) is -0.918. The second-order valence-electron chi connectivity index (χ2n) is 12.8. The molecule has 0 aromatic heterocycles. The fourth-order valence-electron chi connectivity index (χ4n) is 6.21. The van der Waals surface area contributed by atoms with Crippen LogP contribution in [0.25, 0.3) is 0 Å². The van der Waals surface area contributed by atoms with Crippen molar-refractivity contribution in [3.63, 3.8) is 0 Å². The highest BCUT2D eigenvalue weighted by molar-refractivity contribution is 5.86. The van der Waals surface area contributed by atoms with Crippen molar-refractivity contribution < 1.29 is 33.8 Å². The Morgan fingerprint density at radius 2 is 1.36 bits per heavy atom. The molecule has 12 heteroatoms. The molecule has 45 heavy (non-hydrogen) atoms. The number of aliphatic hydroxyl groups excluding tert-OH is 1. The fourth-order valence-corrected chi connectivity index (χ4v) is 6.21. The number of rotatable bonds is 15. The molecule has 0 saturated heterocycles. The molecule has 2 rings (SSSR count). The molecular formula is C33H55N5O7. The van der Waals surface area contributed by atoms with E-state index in [0.29, 0.717) is 18.9 Å². The average Bonchev–Trinajstić information content (AvgIpc) is 3.00. The number of hydrogen-bond donors (Lipinski definition) is 3. The van der Waals surface area contributed by atoms with E-state index < -0.39 is 42.3 Å². The molecule has 2 unspecified atom stereocenters. The van der Waals surface area contributed by atoms with Gasteiger partial charge in [0.15, 0.2) is 0 Å². The number of nitrogens with one attached hydrogen (secondary N) is 2. The Bertz CT molecular complexity index is 1080. The summed E-state index contributed by atoms with van der Waals surface area (Å²) in [5, 5.41) is 16.5. The van der Waals surface area contributed by atoms with Gasteiger partial charge in [0.2, 0.25) is 5.91 Å². The van der Waals surface area contributed by atoms with E-state index in [4.69, 9.17) is 9.47 Å². The third kappa shape index (κ3) is 11.5. The Labute approximate surface area is 268 Å². The van der Waals surface area contributed by atoms with Gasteiger partial charge in [-0.25, -0.2) is 14.6 Å². The highest BCUT2D eigenvalue weighted by atomic mass is 16.5. The number of likely N-dealkylation sites (N-methyl/N-ethyl adjacent to an activating group) is 2. The first-order chi connectivity index (χ1) is 21.3. The molecule has 1 aromatic rings. The van der Waals surface area contributed by atoms with Gasteiger partial charge in [-0.05, 0) is 42.6 Å². The molecule has 1 fully saturated rings. The van der Waals surface area contributed by atoms with Crippen LogP contribution >= 0.6 is 0 Å². The lowest BCUT2D eigenvalue weighted by Crippen LogP contribution is -2.60. The van der Waals surface area contributed by atoms with Crippen molar-refractivity contribution in [1.82, 2.24) is 25.6 Å². The SMILES string of the molecule is COC(=O)N(C)C(C(=O)N[C@@H](Cc1ccccc1)[C@H](O)CN(CC1CCCCC1)NC(=O)C(C(C)C)N(C)C(=O)OC)C(C)C. The van der Waals surface area contributed by atoms with Gasteiger partial charge in [0, 0.05) is 27.2 Å². The third-order valence-corrected chi connectivity index (χ3v) is 8.53. The van der Waals surface area contributed by atoms with Crippen molar-refractivity contribution in [2.24, 2.45) is 17.8 Å². The van der Waals surface area contributed by atoms with E-state index >= 15 is 0 Å². The molecule has 0 heterocycles. The van der Waals surface area contributed by atoms with Crippen LogP contribution < -0.4 is 10.7 Å². The Hall–Kier alpha value is -3.38. The van der Waals surface area contributed by atoms with Crippen molar-refractivity contribution in [2.75, 3.05) is 41.4 Å². The van der Waals surface area contributed by atoms with Gasteiger partial charge in [-0.15, -0.1) is 0 Å². The Kier molecular flexibility index (Phi) is 15.6. The normalized spacial score (nSPS) is 16.4. The molecule has 0 aliphatic heterocycles. The summed E-state index contributed by atoms with van der Waals surface area (Å²) in [4.78, 5) is 54.5. The molecule has 1 aliphatic carbocycles. The molecule has 1 saturated carbocycles. The van der Waals surface area contributed by atoms with Gasteiger partial charge < -0.3 is 19.9 Å². The van der Waals surface area contributed by atoms with Crippen molar-refractivity contribution in [2.45, 2.75) is 90.4 Å². The Balaban J connectivity index is 2.37. The molecule has 254 valence electrons. The topological polar surface area (TPSA) is 141 Å². The van der Waals surface area contributed by atoms with E-state index in [1.807, 2.05) is 58.0 Å². The molecular weight excluding hydrogens is 578 g/mol. The van der Waals surface area contributed by atoms with Crippen LogP contribution in [0.5, 0.6) is 0 Å². The molecule has 0 spiro atoms. The zero-order valence-corrected chi connectivity index (χ0v) is 28.3. The van der Waals surface area contributed by atoms with Crippen molar-refractivity contribution in [3.05, 3.63) is 35.9 Å². The van der Waals surface area contributed by atoms with Crippen LogP contribution in [0.3, 0.4) is 0 Å². The van der Waals surface area contributed by atoms with Gasteiger partial charge in [0.1, 0.15) is 12.1 Å². The fraction of sp³-hybridized carbons (Fsp3) is 0.697. The number of hydrazine groups is 1. The van der Waals surface area contributed by atoms with Gasteiger partial charge in [-0.1, -0.05) is 77.3 Å². The van der Waals surface area contributed by atoms with Crippen LogP contribution in [0.1, 0.15) is 65.4 Å². The summed E-state index contributed by atoms with van der Waals surface area (Å²) >= 11 is 0. The summed E-state index contributed by atoms with van der Waals surface area (Å²) < 4.78 is 9.72. The minimum Gasteiger partial charge on any atom is -0.453 e. The number of methoxy groups -OCH3 is 2. The van der Waals surface area contributed by atoms with Crippen molar-refractivity contribution >= 4 is 24.0 Å². The van der Waals surface area contributed by atoms with Crippen LogP contribution in [-0.2, 0) is 25.5 Å². The number of hydrogen-bond acceptors (Lipinski definition) is 8. The number of aliphatic hydroxyl groups is 1. The van der Waals surface area contributed by atoms with Gasteiger partial charge >= 0.3 is 12.2 Å². The molecule has 0 bridgehead atoms. The number of benzene rings is 1. The zero-order valence-electron chi connectivity index (χ0n) is 28.3. The molecule has 12 nitrogen and oxygen atoms in total.